The molecule has 0 fully saturated rings. The van der Waals surface area contributed by atoms with Crippen LogP contribution in [-0.2, 0) is 19.2 Å². The number of carbonyl (C=O) groups excluding carboxylic acids is 4. The molecule has 0 spiro atoms. The minimum atomic E-state index is -0.0162. The second kappa shape index (κ2) is 28.7. The molecule has 0 aromatic carbocycles. The van der Waals surface area contributed by atoms with Crippen molar-refractivity contribution < 1.29 is 19.2 Å². The molecule has 0 saturated carbocycles. The molecule has 0 radical (unpaired) electrons. The Labute approximate surface area is 251 Å². The van der Waals surface area contributed by atoms with Crippen molar-refractivity contribution in [3.8, 4) is 0 Å². The third-order valence-corrected chi connectivity index (χ3v) is 7.56. The van der Waals surface area contributed by atoms with Gasteiger partial charge in [0.05, 0.1) is 10.7 Å². The van der Waals surface area contributed by atoms with Gasteiger partial charge in [0.15, 0.2) is 0 Å². The van der Waals surface area contributed by atoms with Crippen LogP contribution in [0.15, 0.2) is 0 Å². The van der Waals surface area contributed by atoms with Crippen LogP contribution in [-0.4, -0.2) is 52.6 Å². The van der Waals surface area contributed by atoms with Crippen molar-refractivity contribution in [1.29, 1.82) is 0 Å². The van der Waals surface area contributed by atoms with Gasteiger partial charge >= 0.3 is 0 Å². The highest BCUT2D eigenvalue weighted by Gasteiger charge is 2.14. The fourth-order valence-electron chi connectivity index (χ4n) is 3.58. The average molecular weight is 722 g/mol. The van der Waals surface area contributed by atoms with Crippen LogP contribution >= 0.6 is 47.8 Å². The van der Waals surface area contributed by atoms with Gasteiger partial charge in [0.1, 0.15) is 5.78 Å². The molecule has 7 nitrogen and oxygen atoms in total. The highest BCUT2D eigenvalue weighted by Crippen LogP contribution is 2.19. The Morgan fingerprint density at radius 2 is 1.16 bits per heavy atom. The van der Waals surface area contributed by atoms with Crippen LogP contribution in [0.25, 0.3) is 0 Å². The summed E-state index contributed by atoms with van der Waals surface area (Å²) in [6, 6.07) is 0. The van der Waals surface area contributed by atoms with E-state index in [1.165, 1.54) is 0 Å². The molecule has 0 aromatic rings. The van der Waals surface area contributed by atoms with Gasteiger partial charge in [-0.25, -0.2) is 0 Å². The van der Waals surface area contributed by atoms with Crippen LogP contribution in [0.2, 0.25) is 0 Å². The van der Waals surface area contributed by atoms with Gasteiger partial charge in [0.2, 0.25) is 16.5 Å². The van der Waals surface area contributed by atoms with Crippen molar-refractivity contribution in [2.24, 2.45) is 29.4 Å². The van der Waals surface area contributed by atoms with E-state index in [2.05, 4.69) is 100.0 Å². The Morgan fingerprint density at radius 1 is 0.757 bits per heavy atom. The number of Topliss-reactive ketones (excluding diaryl/α,β-unsaturated/α-hetero) is 1. The summed E-state index contributed by atoms with van der Waals surface area (Å²) < 4.78 is -0.0162. The van der Waals surface area contributed by atoms with E-state index in [1.807, 2.05) is 0 Å². The molecule has 0 aliphatic heterocycles. The van der Waals surface area contributed by atoms with E-state index in [9.17, 15) is 19.2 Å². The van der Waals surface area contributed by atoms with E-state index in [-0.39, 0.29) is 22.3 Å². The Kier molecular flexibility index (Phi) is 31.9. The van der Waals surface area contributed by atoms with Gasteiger partial charge in [-0.2, -0.15) is 0 Å². The molecule has 0 aliphatic carbocycles. The predicted octanol–water partition coefficient (Wildman–Crippen LogP) is 6.14. The largest absolute Gasteiger partial charge is 0.356 e. The maximum atomic E-state index is 11.7. The number of rotatable bonds is 18. The number of ketones is 1. The van der Waals surface area contributed by atoms with Gasteiger partial charge in [-0.1, -0.05) is 86.2 Å². The number of hydrogen-bond acceptors (Lipinski definition) is 5. The van der Waals surface area contributed by atoms with Crippen molar-refractivity contribution in [3.05, 3.63) is 0 Å². The standard InChI is InChI=1S/C14H26BrNO2.C11H24N2O.C2H2Br2O/c1-4-12(8-11(2)3)9-14(18)16-7-5-6-13(17)10-15;1-4-10(7-9(2)3)8-11(14)13-6-5-12;3-1-2(4)5/h11-12H,4-10H2,1-3H3,(H,16,18);9-10H,4-8,12H2,1-3H3,(H,13,14);1H2/t12-;10-;/m00./s1. The SMILES string of the molecule is CC[C@H](CC(=O)NCCCC(=O)CBr)CC(C)C.CC[C@H](CC(=O)NCCN)CC(C)C.O=C(Br)CBr. The topological polar surface area (TPSA) is 118 Å². The number of carbonyl (C=O) groups is 4. The first-order valence-corrected chi connectivity index (χ1v) is 16.4. The number of alkyl halides is 2. The van der Waals surface area contributed by atoms with Crippen LogP contribution in [0.1, 0.15) is 92.9 Å². The zero-order chi connectivity index (χ0) is 29.2. The van der Waals surface area contributed by atoms with Gasteiger partial charge in [-0.3, -0.25) is 19.2 Å². The highest BCUT2D eigenvalue weighted by molar-refractivity contribution is 9.19. The minimum absolute atomic E-state index is 0.0162. The molecule has 0 bridgehead atoms. The van der Waals surface area contributed by atoms with Gasteiger partial charge in [-0.15, -0.1) is 0 Å². The van der Waals surface area contributed by atoms with Gasteiger partial charge in [-0.05, 0) is 58.9 Å². The first-order valence-electron chi connectivity index (χ1n) is 13.4. The summed E-state index contributed by atoms with van der Waals surface area (Å²) in [5.74, 6) is 2.76. The summed E-state index contributed by atoms with van der Waals surface area (Å²) in [6.07, 6.45) is 6.89. The number of nitrogens with two attached hydrogens (primary N) is 1. The van der Waals surface area contributed by atoms with E-state index in [0.29, 0.717) is 73.2 Å². The van der Waals surface area contributed by atoms with Crippen LogP contribution in [0.3, 0.4) is 0 Å². The molecule has 0 rings (SSSR count). The third-order valence-electron chi connectivity index (χ3n) is 5.39. The smallest absolute Gasteiger partial charge is 0.220 e. The van der Waals surface area contributed by atoms with Gasteiger partial charge < -0.3 is 16.4 Å². The second-order valence-corrected chi connectivity index (χ2v) is 12.0. The Balaban J connectivity index is -0.000000539. The Morgan fingerprint density at radius 3 is 1.46 bits per heavy atom. The molecule has 0 unspecified atom stereocenters. The van der Waals surface area contributed by atoms with Crippen molar-refractivity contribution in [1.82, 2.24) is 10.6 Å². The van der Waals surface area contributed by atoms with E-state index in [0.717, 1.165) is 32.1 Å². The third kappa shape index (κ3) is 33.7. The molecule has 10 heteroatoms. The summed E-state index contributed by atoms with van der Waals surface area (Å²) in [5.41, 5.74) is 5.31. The Hall–Kier alpha value is -0.320. The zero-order valence-electron chi connectivity index (χ0n) is 23.8. The number of halogens is 3. The van der Waals surface area contributed by atoms with Crippen LogP contribution in [0.5, 0.6) is 0 Å². The average Bonchev–Trinajstić information content (AvgIpc) is 2.84. The molecule has 0 heterocycles. The lowest BCUT2D eigenvalue weighted by Crippen LogP contribution is -2.30. The second-order valence-electron chi connectivity index (χ2n) is 9.97. The molecular weight excluding hydrogens is 670 g/mol. The monoisotopic (exact) mass is 719 g/mol. The van der Waals surface area contributed by atoms with Crippen molar-refractivity contribution in [3.63, 3.8) is 0 Å². The fourth-order valence-corrected chi connectivity index (χ4v) is 3.86. The summed E-state index contributed by atoms with van der Waals surface area (Å²) >= 11 is 8.73. The predicted molar refractivity (Wildman–Crippen MR) is 167 cm³/mol. The maximum absolute atomic E-state index is 11.7. The van der Waals surface area contributed by atoms with Crippen LogP contribution < -0.4 is 16.4 Å². The van der Waals surface area contributed by atoms with Crippen molar-refractivity contribution in [2.75, 3.05) is 30.3 Å². The number of hydrogen-bond donors (Lipinski definition) is 3. The van der Waals surface area contributed by atoms with E-state index in [1.54, 1.807) is 0 Å². The molecular formula is C27H52Br3N3O4. The summed E-state index contributed by atoms with van der Waals surface area (Å²) in [5, 5.41) is 6.51. The summed E-state index contributed by atoms with van der Waals surface area (Å²) in [4.78, 5) is 43.8. The summed E-state index contributed by atoms with van der Waals surface area (Å²) in [7, 11) is 0. The molecule has 220 valence electrons. The first kappa shape index (κ1) is 41.2. The summed E-state index contributed by atoms with van der Waals surface area (Å²) in [6.45, 7) is 14.8. The molecule has 0 saturated heterocycles. The molecule has 2 amide bonds. The minimum Gasteiger partial charge on any atom is -0.356 e. The van der Waals surface area contributed by atoms with E-state index >= 15 is 0 Å². The maximum Gasteiger partial charge on any atom is 0.220 e. The van der Waals surface area contributed by atoms with E-state index < -0.39 is 0 Å². The first-order chi connectivity index (χ1) is 17.4. The molecule has 2 atom stereocenters. The molecule has 0 aromatic heterocycles. The van der Waals surface area contributed by atoms with Crippen LogP contribution in [0, 0.1) is 23.7 Å². The lowest BCUT2D eigenvalue weighted by Gasteiger charge is -2.16. The number of nitrogens with one attached hydrogen (secondary N) is 2. The zero-order valence-corrected chi connectivity index (χ0v) is 28.6. The highest BCUT2D eigenvalue weighted by atomic mass is 79.9. The molecule has 0 aliphatic rings. The molecule has 37 heavy (non-hydrogen) atoms. The van der Waals surface area contributed by atoms with Gasteiger partial charge in [0.25, 0.3) is 0 Å². The van der Waals surface area contributed by atoms with Crippen molar-refractivity contribution in [2.45, 2.75) is 92.9 Å². The normalized spacial score (nSPS) is 12.0. The lowest BCUT2D eigenvalue weighted by atomic mass is 9.92. The number of amides is 2. The van der Waals surface area contributed by atoms with Crippen molar-refractivity contribution >= 4 is 70.1 Å². The quantitative estimate of drug-likeness (QED) is 0.0894. The van der Waals surface area contributed by atoms with E-state index in [4.69, 9.17) is 5.73 Å². The van der Waals surface area contributed by atoms with Crippen LogP contribution in [0.4, 0.5) is 0 Å². The fraction of sp³-hybridized carbons (Fsp3) is 0.852. The molecule has 4 N–H and O–H groups in total. The van der Waals surface area contributed by atoms with Gasteiger partial charge in [0, 0.05) is 38.9 Å². The Bertz CT molecular complexity index is 605. The lowest BCUT2D eigenvalue weighted by molar-refractivity contribution is -0.123.